The minimum absolute atomic E-state index is 0.167. The molecule has 1 spiro atoms. The Morgan fingerprint density at radius 2 is 1.70 bits per heavy atom. The number of carbonyl (C=O) groups is 2. The number of fused-ring (bicyclic) bond motifs is 2. The fourth-order valence-corrected chi connectivity index (χ4v) is 12.6. The third-order valence-electron chi connectivity index (χ3n) is 13.2. The van der Waals surface area contributed by atoms with E-state index in [-0.39, 0.29) is 43.5 Å². The summed E-state index contributed by atoms with van der Waals surface area (Å²) in [6, 6.07) is 8.48. The van der Waals surface area contributed by atoms with E-state index in [1.165, 1.54) is 14.0 Å². The summed E-state index contributed by atoms with van der Waals surface area (Å²) in [6.45, 7) is 4.39. The Balaban J connectivity index is 1.50. The molecule has 47 heavy (non-hydrogen) atoms. The van der Waals surface area contributed by atoms with Crippen molar-refractivity contribution < 1.29 is 53.0 Å². The third kappa shape index (κ3) is 3.92. The number of benzene rings is 1. The summed E-state index contributed by atoms with van der Waals surface area (Å²) in [5.74, 6) is -2.73. The van der Waals surface area contributed by atoms with Crippen molar-refractivity contribution in [1.29, 1.82) is 0 Å². The number of aliphatic hydroxyl groups excluding tert-OH is 1. The number of ether oxygens (including phenoxy) is 7. The normalized spacial score (nSPS) is 49.1. The molecule has 1 heterocycles. The molecule has 7 bridgehead atoms. The SMILES string of the molecule is CCO[C@@]12C3C(OC)[C@H]4C5(C(OC)C[C@@H](OC(C)=O)[C@@]4(COC)CN(C)C35)[C@@H]3C[C@@](O)([C@H](OC(=O)c4ccccc4)[C@@H]31)[C@@H](OC)[C@@H]2O. The van der Waals surface area contributed by atoms with Crippen LogP contribution in [-0.2, 0) is 38.0 Å². The van der Waals surface area contributed by atoms with Gasteiger partial charge in [0.25, 0.3) is 0 Å². The summed E-state index contributed by atoms with van der Waals surface area (Å²) in [6.07, 6.45) is -4.38. The number of methoxy groups -OCH3 is 4. The molecule has 5 aliphatic carbocycles. The van der Waals surface area contributed by atoms with Crippen LogP contribution in [-0.4, -0.2) is 136 Å². The van der Waals surface area contributed by atoms with Crippen molar-refractivity contribution in [3.63, 3.8) is 0 Å². The smallest absolute Gasteiger partial charge is 0.338 e. The zero-order chi connectivity index (χ0) is 33.7. The number of carbonyl (C=O) groups excluding carboxylic acids is 2. The Morgan fingerprint density at radius 3 is 2.30 bits per heavy atom. The second-order valence-corrected chi connectivity index (χ2v) is 14.7. The number of nitrogens with zero attached hydrogens (tertiary/aromatic N) is 1. The highest BCUT2D eigenvalue weighted by atomic mass is 16.6. The van der Waals surface area contributed by atoms with Crippen LogP contribution in [0, 0.1) is 34.5 Å². The van der Waals surface area contributed by atoms with Crippen molar-refractivity contribution >= 4 is 11.9 Å². The molecule has 15 atom stereocenters. The van der Waals surface area contributed by atoms with E-state index < -0.39 is 76.5 Å². The maximum Gasteiger partial charge on any atom is 0.338 e. The minimum Gasteiger partial charge on any atom is -0.462 e. The summed E-state index contributed by atoms with van der Waals surface area (Å²) in [5.41, 5.74) is -4.14. The summed E-state index contributed by atoms with van der Waals surface area (Å²) in [4.78, 5) is 28.7. The van der Waals surface area contributed by atoms with Crippen LogP contribution in [0.4, 0.5) is 0 Å². The molecule has 0 amide bonds. The first kappa shape index (κ1) is 33.3. The van der Waals surface area contributed by atoms with Gasteiger partial charge in [-0.15, -0.1) is 0 Å². The van der Waals surface area contributed by atoms with E-state index in [0.717, 1.165) is 0 Å². The molecule has 1 aromatic rings. The van der Waals surface area contributed by atoms with Gasteiger partial charge in [-0.25, -0.2) is 4.79 Å². The zero-order valence-electron chi connectivity index (χ0n) is 28.3. The van der Waals surface area contributed by atoms with Crippen LogP contribution in [0.2, 0.25) is 0 Å². The third-order valence-corrected chi connectivity index (χ3v) is 13.2. The quantitative estimate of drug-likeness (QED) is 0.350. The van der Waals surface area contributed by atoms with Crippen molar-refractivity contribution in [1.82, 2.24) is 4.90 Å². The Morgan fingerprint density at radius 1 is 0.979 bits per heavy atom. The molecule has 5 saturated carbocycles. The van der Waals surface area contributed by atoms with Crippen LogP contribution >= 0.6 is 0 Å². The predicted molar refractivity (Wildman–Crippen MR) is 165 cm³/mol. The van der Waals surface area contributed by atoms with Crippen molar-refractivity contribution in [3.05, 3.63) is 35.9 Å². The maximum absolute atomic E-state index is 13.8. The Hall–Kier alpha value is -2.16. The molecule has 5 unspecified atom stereocenters. The summed E-state index contributed by atoms with van der Waals surface area (Å²) in [7, 11) is 8.53. The number of hydrogen-bond donors (Lipinski definition) is 2. The van der Waals surface area contributed by atoms with E-state index in [9.17, 15) is 19.8 Å². The molecule has 2 N–H and O–H groups in total. The van der Waals surface area contributed by atoms with E-state index in [2.05, 4.69) is 11.9 Å². The van der Waals surface area contributed by atoms with Crippen molar-refractivity contribution in [2.24, 2.45) is 34.5 Å². The molecule has 6 fully saturated rings. The van der Waals surface area contributed by atoms with Gasteiger partial charge in [0.1, 0.15) is 35.6 Å². The predicted octanol–water partition coefficient (Wildman–Crippen LogP) is 1.30. The number of rotatable bonds is 10. The van der Waals surface area contributed by atoms with Gasteiger partial charge < -0.3 is 48.3 Å². The van der Waals surface area contributed by atoms with Gasteiger partial charge in [0.15, 0.2) is 0 Å². The summed E-state index contributed by atoms with van der Waals surface area (Å²) < 4.78 is 44.4. The number of aliphatic hydroxyl groups is 2. The second kappa shape index (κ2) is 11.4. The van der Waals surface area contributed by atoms with E-state index in [4.69, 9.17) is 33.2 Å². The van der Waals surface area contributed by atoms with E-state index in [1.807, 2.05) is 13.0 Å². The molecule has 1 saturated heterocycles. The first-order valence-electron chi connectivity index (χ1n) is 16.7. The summed E-state index contributed by atoms with van der Waals surface area (Å²) in [5, 5.41) is 25.4. The lowest BCUT2D eigenvalue weighted by Gasteiger charge is -2.70. The molecule has 12 heteroatoms. The standard InChI is InChI=1S/C35H49NO11/c1-8-45-35-23-20(15-33(40,30(44-7)28(35)38)29(23)47-31(39)19-12-10-9-11-13-19)34-22(42-5)14-21(46-18(2)37)32(17-41-4)16-36(3)27(34)24(35)25(43-6)26(32)34/h9-13,20-30,38,40H,8,14-17H2,1-7H3/t20-,21-,22?,23-,24?,25?,26-,27?,28+,29-,30+,32+,33-,34?,35-/m1/s1. The second-order valence-electron chi connectivity index (χ2n) is 14.7. The van der Waals surface area contributed by atoms with Crippen molar-refractivity contribution in [2.75, 3.05) is 55.2 Å². The molecule has 1 aliphatic heterocycles. The lowest BCUT2D eigenvalue weighted by Crippen LogP contribution is -2.81. The van der Waals surface area contributed by atoms with Gasteiger partial charge in [0.05, 0.1) is 24.4 Å². The van der Waals surface area contributed by atoms with Gasteiger partial charge in [0.2, 0.25) is 0 Å². The Bertz CT molecular complexity index is 1380. The first-order valence-corrected chi connectivity index (χ1v) is 16.7. The average Bonchev–Trinajstić information content (AvgIpc) is 3.43. The molecular weight excluding hydrogens is 610 g/mol. The fourth-order valence-electron chi connectivity index (χ4n) is 12.6. The zero-order valence-corrected chi connectivity index (χ0v) is 28.3. The van der Waals surface area contributed by atoms with Crippen LogP contribution < -0.4 is 0 Å². The monoisotopic (exact) mass is 659 g/mol. The van der Waals surface area contributed by atoms with Crippen LogP contribution in [0.15, 0.2) is 30.3 Å². The highest BCUT2D eigenvalue weighted by Gasteiger charge is 2.91. The topological polar surface area (TPSA) is 142 Å². The van der Waals surface area contributed by atoms with Crippen LogP contribution in [0.5, 0.6) is 0 Å². The molecule has 6 aliphatic rings. The van der Waals surface area contributed by atoms with Gasteiger partial charge in [-0.1, -0.05) is 18.2 Å². The molecule has 7 rings (SSSR count). The molecule has 0 radical (unpaired) electrons. The Labute approximate surface area is 275 Å². The van der Waals surface area contributed by atoms with Crippen molar-refractivity contribution in [2.45, 2.75) is 80.6 Å². The fraction of sp³-hybridized carbons (Fsp3) is 0.771. The van der Waals surface area contributed by atoms with Crippen LogP contribution in [0.25, 0.3) is 0 Å². The van der Waals surface area contributed by atoms with E-state index in [1.54, 1.807) is 45.6 Å². The van der Waals surface area contributed by atoms with Crippen molar-refractivity contribution in [3.8, 4) is 0 Å². The number of hydrogen-bond acceptors (Lipinski definition) is 12. The first-order chi connectivity index (χ1) is 22.5. The number of piperidine rings is 1. The minimum atomic E-state index is -1.74. The van der Waals surface area contributed by atoms with Gasteiger partial charge in [-0.2, -0.15) is 0 Å². The summed E-state index contributed by atoms with van der Waals surface area (Å²) >= 11 is 0. The molecular formula is C35H49NO11. The van der Waals surface area contributed by atoms with Gasteiger partial charge in [-0.3, -0.25) is 4.79 Å². The lowest BCUT2D eigenvalue weighted by atomic mass is 9.42. The molecule has 12 nitrogen and oxygen atoms in total. The largest absolute Gasteiger partial charge is 0.462 e. The van der Waals surface area contributed by atoms with E-state index in [0.29, 0.717) is 18.5 Å². The number of likely N-dealkylation sites (tertiary alicyclic amines) is 1. The molecule has 1 aromatic carbocycles. The average molecular weight is 660 g/mol. The van der Waals surface area contributed by atoms with E-state index >= 15 is 0 Å². The van der Waals surface area contributed by atoms with Crippen LogP contribution in [0.1, 0.15) is 37.0 Å². The van der Waals surface area contributed by atoms with Gasteiger partial charge >= 0.3 is 11.9 Å². The molecule has 0 aromatic heterocycles. The lowest BCUT2D eigenvalue weighted by molar-refractivity contribution is -0.329. The van der Waals surface area contributed by atoms with Gasteiger partial charge in [0, 0.05) is 89.6 Å². The van der Waals surface area contributed by atoms with Crippen LogP contribution in [0.3, 0.4) is 0 Å². The highest BCUT2D eigenvalue weighted by molar-refractivity contribution is 5.89. The van der Waals surface area contributed by atoms with Gasteiger partial charge in [-0.05, 0) is 38.4 Å². The Kier molecular flexibility index (Phi) is 8.12. The number of esters is 2. The maximum atomic E-state index is 13.8. The highest BCUT2D eigenvalue weighted by Crippen LogP contribution is 2.80. The molecule has 260 valence electrons.